The van der Waals surface area contributed by atoms with Gasteiger partial charge in [0.05, 0.1) is 13.2 Å². The number of ether oxygens (including phenoxy) is 2. The summed E-state index contributed by atoms with van der Waals surface area (Å²) in [6.45, 7) is 1.05. The maximum Gasteiger partial charge on any atom is 0.118 e. The van der Waals surface area contributed by atoms with E-state index in [9.17, 15) is 0 Å². The highest BCUT2D eigenvalue weighted by Crippen LogP contribution is 2.20. The molecule has 1 aliphatic carbocycles. The van der Waals surface area contributed by atoms with E-state index in [1.165, 1.54) is 31.2 Å². The number of nitrogens with one attached hydrogen (secondary N) is 1. The number of hydrogen-bond donors (Lipinski definition) is 1. The van der Waals surface area contributed by atoms with Gasteiger partial charge in [0.15, 0.2) is 0 Å². The lowest BCUT2D eigenvalue weighted by molar-refractivity contribution is 0.0626. The molecule has 0 aliphatic heterocycles. The molecule has 0 heterocycles. The first-order valence-electron chi connectivity index (χ1n) is 7.21. The van der Waals surface area contributed by atoms with Crippen molar-refractivity contribution in [2.24, 2.45) is 0 Å². The van der Waals surface area contributed by atoms with Gasteiger partial charge in [-0.15, -0.1) is 0 Å². The van der Waals surface area contributed by atoms with Crippen molar-refractivity contribution in [2.45, 2.75) is 44.2 Å². The Morgan fingerprint density at radius 2 is 1.74 bits per heavy atom. The minimum Gasteiger partial charge on any atom is -0.497 e. The van der Waals surface area contributed by atoms with Gasteiger partial charge in [-0.05, 0) is 56.3 Å². The van der Waals surface area contributed by atoms with E-state index in [-0.39, 0.29) is 0 Å². The molecule has 1 fully saturated rings. The van der Waals surface area contributed by atoms with Crippen molar-refractivity contribution in [3.63, 3.8) is 0 Å². The molecule has 106 valence electrons. The van der Waals surface area contributed by atoms with Gasteiger partial charge in [0.2, 0.25) is 0 Å². The summed E-state index contributed by atoms with van der Waals surface area (Å²) >= 11 is 0. The molecule has 1 N–H and O–H groups in total. The molecule has 0 aromatic heterocycles. The molecule has 0 bridgehead atoms. The van der Waals surface area contributed by atoms with E-state index in [0.29, 0.717) is 12.1 Å². The summed E-state index contributed by atoms with van der Waals surface area (Å²) in [6, 6.07) is 9.01. The summed E-state index contributed by atoms with van der Waals surface area (Å²) < 4.78 is 10.6. The van der Waals surface area contributed by atoms with E-state index in [2.05, 4.69) is 17.4 Å². The Labute approximate surface area is 116 Å². The van der Waals surface area contributed by atoms with Gasteiger partial charge in [-0.1, -0.05) is 12.1 Å². The van der Waals surface area contributed by atoms with Crippen molar-refractivity contribution in [2.75, 3.05) is 20.8 Å². The van der Waals surface area contributed by atoms with Crippen molar-refractivity contribution < 1.29 is 9.47 Å². The van der Waals surface area contributed by atoms with Crippen LogP contribution in [-0.2, 0) is 11.2 Å². The summed E-state index contributed by atoms with van der Waals surface area (Å²) in [5, 5.41) is 3.66. The number of hydrogen-bond acceptors (Lipinski definition) is 3. The minimum absolute atomic E-state index is 0.486. The standard InChI is InChI=1S/C16H25NO2/c1-18-15-7-3-13(4-8-15)11-12-17-14-5-9-16(19-2)10-6-14/h3-4,7-8,14,16-17H,5-6,9-12H2,1-2H3. The van der Waals surface area contributed by atoms with Crippen molar-refractivity contribution in [1.29, 1.82) is 0 Å². The third kappa shape index (κ3) is 4.51. The maximum atomic E-state index is 5.40. The van der Waals surface area contributed by atoms with E-state index in [0.717, 1.165) is 18.7 Å². The zero-order valence-electron chi connectivity index (χ0n) is 12.0. The van der Waals surface area contributed by atoms with Crippen LogP contribution in [0.25, 0.3) is 0 Å². The number of methoxy groups -OCH3 is 2. The van der Waals surface area contributed by atoms with Crippen LogP contribution in [0, 0.1) is 0 Å². The second-order valence-electron chi connectivity index (χ2n) is 5.26. The van der Waals surface area contributed by atoms with Gasteiger partial charge in [0.25, 0.3) is 0 Å². The lowest BCUT2D eigenvalue weighted by Crippen LogP contribution is -2.36. The monoisotopic (exact) mass is 263 g/mol. The van der Waals surface area contributed by atoms with Crippen molar-refractivity contribution >= 4 is 0 Å². The van der Waals surface area contributed by atoms with Crippen LogP contribution in [0.15, 0.2) is 24.3 Å². The molecular formula is C16H25NO2. The Hall–Kier alpha value is -1.06. The molecule has 0 atom stereocenters. The summed E-state index contributed by atoms with van der Waals surface area (Å²) in [5.41, 5.74) is 1.36. The average Bonchev–Trinajstić information content (AvgIpc) is 2.49. The molecule has 1 aromatic rings. The van der Waals surface area contributed by atoms with Gasteiger partial charge in [-0.25, -0.2) is 0 Å². The van der Waals surface area contributed by atoms with Crippen molar-refractivity contribution in [3.05, 3.63) is 29.8 Å². The normalized spacial score (nSPS) is 23.3. The first kappa shape index (κ1) is 14.4. The van der Waals surface area contributed by atoms with Crippen LogP contribution in [0.5, 0.6) is 5.75 Å². The van der Waals surface area contributed by atoms with Crippen LogP contribution in [0.4, 0.5) is 0 Å². The Morgan fingerprint density at radius 1 is 1.05 bits per heavy atom. The predicted molar refractivity (Wildman–Crippen MR) is 77.8 cm³/mol. The third-order valence-electron chi connectivity index (χ3n) is 4.01. The molecule has 0 radical (unpaired) electrons. The van der Waals surface area contributed by atoms with E-state index in [1.807, 2.05) is 19.2 Å². The molecular weight excluding hydrogens is 238 g/mol. The smallest absolute Gasteiger partial charge is 0.118 e. The van der Waals surface area contributed by atoms with Gasteiger partial charge in [-0.2, -0.15) is 0 Å². The second kappa shape index (κ2) is 7.51. The highest BCUT2D eigenvalue weighted by atomic mass is 16.5. The summed E-state index contributed by atoms with van der Waals surface area (Å²) in [5.74, 6) is 0.926. The highest BCUT2D eigenvalue weighted by Gasteiger charge is 2.19. The number of benzene rings is 1. The van der Waals surface area contributed by atoms with E-state index in [4.69, 9.17) is 9.47 Å². The van der Waals surface area contributed by atoms with Gasteiger partial charge < -0.3 is 14.8 Å². The predicted octanol–water partition coefficient (Wildman–Crippen LogP) is 2.78. The molecule has 2 rings (SSSR count). The fraction of sp³-hybridized carbons (Fsp3) is 0.625. The Kier molecular flexibility index (Phi) is 5.67. The Balaban J connectivity index is 1.66. The largest absolute Gasteiger partial charge is 0.497 e. The zero-order valence-corrected chi connectivity index (χ0v) is 12.0. The van der Waals surface area contributed by atoms with Gasteiger partial charge >= 0.3 is 0 Å². The van der Waals surface area contributed by atoms with E-state index < -0.39 is 0 Å². The van der Waals surface area contributed by atoms with Crippen LogP contribution in [0.3, 0.4) is 0 Å². The molecule has 0 amide bonds. The lowest BCUT2D eigenvalue weighted by Gasteiger charge is -2.28. The summed E-state index contributed by atoms with van der Waals surface area (Å²) in [4.78, 5) is 0. The topological polar surface area (TPSA) is 30.5 Å². The molecule has 3 nitrogen and oxygen atoms in total. The lowest BCUT2D eigenvalue weighted by atomic mass is 9.93. The molecule has 19 heavy (non-hydrogen) atoms. The quantitative estimate of drug-likeness (QED) is 0.856. The molecule has 3 heteroatoms. The van der Waals surface area contributed by atoms with Gasteiger partial charge in [0.1, 0.15) is 5.75 Å². The van der Waals surface area contributed by atoms with E-state index >= 15 is 0 Å². The minimum atomic E-state index is 0.486. The fourth-order valence-corrected chi connectivity index (χ4v) is 2.72. The van der Waals surface area contributed by atoms with Crippen LogP contribution in [-0.4, -0.2) is 32.9 Å². The highest BCUT2D eigenvalue weighted by molar-refractivity contribution is 5.27. The average molecular weight is 263 g/mol. The second-order valence-corrected chi connectivity index (χ2v) is 5.26. The molecule has 1 aromatic carbocycles. The molecule has 1 aliphatic rings. The van der Waals surface area contributed by atoms with Crippen molar-refractivity contribution in [1.82, 2.24) is 5.32 Å². The van der Waals surface area contributed by atoms with Crippen LogP contribution < -0.4 is 10.1 Å². The first-order valence-corrected chi connectivity index (χ1v) is 7.21. The fourth-order valence-electron chi connectivity index (χ4n) is 2.72. The maximum absolute atomic E-state index is 5.40. The van der Waals surface area contributed by atoms with Gasteiger partial charge in [-0.3, -0.25) is 0 Å². The van der Waals surface area contributed by atoms with Crippen molar-refractivity contribution in [3.8, 4) is 5.75 Å². The SMILES string of the molecule is COc1ccc(CCNC2CCC(OC)CC2)cc1. The summed E-state index contributed by atoms with van der Waals surface area (Å²) in [7, 11) is 3.52. The molecule has 0 unspecified atom stereocenters. The van der Waals surface area contributed by atoms with Crippen LogP contribution >= 0.6 is 0 Å². The first-order chi connectivity index (χ1) is 9.31. The number of rotatable bonds is 6. The summed E-state index contributed by atoms with van der Waals surface area (Å²) in [6.07, 6.45) is 6.42. The molecule has 0 spiro atoms. The van der Waals surface area contributed by atoms with E-state index in [1.54, 1.807) is 7.11 Å². The van der Waals surface area contributed by atoms with Crippen LogP contribution in [0.1, 0.15) is 31.2 Å². The Bertz CT molecular complexity index is 356. The third-order valence-corrected chi connectivity index (χ3v) is 4.01. The van der Waals surface area contributed by atoms with Crippen LogP contribution in [0.2, 0.25) is 0 Å². The molecule has 1 saturated carbocycles. The Morgan fingerprint density at radius 3 is 2.32 bits per heavy atom. The van der Waals surface area contributed by atoms with Gasteiger partial charge in [0, 0.05) is 13.2 Å². The molecule has 0 saturated heterocycles. The zero-order chi connectivity index (χ0) is 13.5.